The van der Waals surface area contributed by atoms with Crippen LogP contribution in [0.2, 0.25) is 0 Å². The third-order valence-corrected chi connectivity index (χ3v) is 6.95. The van der Waals surface area contributed by atoms with Gasteiger partial charge in [0.2, 0.25) is 0 Å². The molecule has 0 bridgehead atoms. The fourth-order valence-corrected chi connectivity index (χ4v) is 4.19. The summed E-state index contributed by atoms with van der Waals surface area (Å²) in [6, 6.07) is 14.0. The number of unbranched alkanes of at least 4 members (excludes halogenated alkanes) is 5. The summed E-state index contributed by atoms with van der Waals surface area (Å²) < 4.78 is 54.7. The van der Waals surface area contributed by atoms with E-state index in [2.05, 4.69) is 6.92 Å². The van der Waals surface area contributed by atoms with E-state index in [0.29, 0.717) is 29.9 Å². The summed E-state index contributed by atoms with van der Waals surface area (Å²) in [4.78, 5) is 24.9. The zero-order valence-corrected chi connectivity index (χ0v) is 23.4. The molecule has 0 aliphatic heterocycles. The van der Waals surface area contributed by atoms with E-state index in [4.69, 9.17) is 9.47 Å². The lowest BCUT2D eigenvalue weighted by atomic mass is 9.94. The minimum absolute atomic E-state index is 0.237. The molecule has 3 aromatic rings. The number of rotatable bonds is 15. The predicted octanol–water partition coefficient (Wildman–Crippen LogP) is 9.16. The molecule has 3 aromatic carbocycles. The van der Waals surface area contributed by atoms with Gasteiger partial charge in [0.05, 0.1) is 17.7 Å². The van der Waals surface area contributed by atoms with E-state index in [1.54, 1.807) is 38.1 Å². The van der Waals surface area contributed by atoms with Crippen molar-refractivity contribution in [2.75, 3.05) is 6.61 Å². The monoisotopic (exact) mass is 554 g/mol. The van der Waals surface area contributed by atoms with Crippen LogP contribution in [-0.4, -0.2) is 24.5 Å². The second-order valence-electron chi connectivity index (χ2n) is 10.0. The number of ketones is 1. The molecule has 0 aromatic heterocycles. The SMILES string of the molecule is CCCCCCCCOc1ccc(C(=O)Oc2ccc(-c3ccc(C(=O)[C@H](F)[C@@H](C)CC)c(F)c3)cc2F)cc1. The quantitative estimate of drug-likeness (QED) is 0.0813. The summed E-state index contributed by atoms with van der Waals surface area (Å²) in [7, 11) is 0. The Morgan fingerprint density at radius 3 is 2.05 bits per heavy atom. The summed E-state index contributed by atoms with van der Waals surface area (Å²) in [5, 5.41) is 0. The maximum Gasteiger partial charge on any atom is 0.343 e. The number of carbonyl (C=O) groups is 2. The van der Waals surface area contributed by atoms with Crippen LogP contribution in [0.1, 0.15) is 86.4 Å². The van der Waals surface area contributed by atoms with Crippen molar-refractivity contribution in [3.8, 4) is 22.6 Å². The maximum atomic E-state index is 14.8. The van der Waals surface area contributed by atoms with Crippen LogP contribution in [0, 0.1) is 17.6 Å². The van der Waals surface area contributed by atoms with Gasteiger partial charge in [-0.1, -0.05) is 71.4 Å². The highest BCUT2D eigenvalue weighted by molar-refractivity contribution is 6.00. The van der Waals surface area contributed by atoms with Gasteiger partial charge in [0.1, 0.15) is 11.6 Å². The molecule has 7 heteroatoms. The molecule has 0 saturated heterocycles. The van der Waals surface area contributed by atoms with Crippen LogP contribution in [0.5, 0.6) is 11.5 Å². The lowest BCUT2D eigenvalue weighted by Gasteiger charge is -2.14. The van der Waals surface area contributed by atoms with Crippen LogP contribution in [0.4, 0.5) is 13.2 Å². The van der Waals surface area contributed by atoms with Gasteiger partial charge >= 0.3 is 5.97 Å². The molecule has 0 radical (unpaired) electrons. The maximum absolute atomic E-state index is 14.8. The van der Waals surface area contributed by atoms with Crippen molar-refractivity contribution < 1.29 is 32.2 Å². The number of ether oxygens (including phenoxy) is 2. The molecule has 0 aliphatic rings. The second-order valence-corrected chi connectivity index (χ2v) is 10.0. The minimum Gasteiger partial charge on any atom is -0.494 e. The van der Waals surface area contributed by atoms with E-state index in [9.17, 15) is 22.8 Å². The number of hydrogen-bond acceptors (Lipinski definition) is 4. The fraction of sp³-hybridized carbons (Fsp3) is 0.394. The first-order valence-electron chi connectivity index (χ1n) is 14.0. The first-order valence-corrected chi connectivity index (χ1v) is 14.0. The number of hydrogen-bond donors (Lipinski definition) is 0. The van der Waals surface area contributed by atoms with E-state index in [0.717, 1.165) is 25.0 Å². The number of Topliss-reactive ketones (excluding diaryl/α,β-unsaturated/α-hetero) is 1. The molecule has 3 rings (SSSR count). The van der Waals surface area contributed by atoms with Crippen LogP contribution in [0.3, 0.4) is 0 Å². The summed E-state index contributed by atoms with van der Waals surface area (Å²) in [6.07, 6.45) is 5.64. The van der Waals surface area contributed by atoms with Gasteiger partial charge in [-0.3, -0.25) is 4.79 Å². The molecular formula is C33H37F3O4. The van der Waals surface area contributed by atoms with Crippen molar-refractivity contribution >= 4 is 11.8 Å². The molecule has 2 atom stereocenters. The van der Waals surface area contributed by atoms with Crippen LogP contribution >= 0.6 is 0 Å². The number of alkyl halides is 1. The van der Waals surface area contributed by atoms with Crippen molar-refractivity contribution in [2.45, 2.75) is 71.9 Å². The average molecular weight is 555 g/mol. The van der Waals surface area contributed by atoms with Crippen molar-refractivity contribution in [3.05, 3.63) is 83.4 Å². The van der Waals surface area contributed by atoms with E-state index in [-0.39, 0.29) is 16.9 Å². The third-order valence-electron chi connectivity index (χ3n) is 6.95. The second kappa shape index (κ2) is 15.2. The van der Waals surface area contributed by atoms with Gasteiger partial charge in [-0.2, -0.15) is 0 Å². The van der Waals surface area contributed by atoms with Gasteiger partial charge < -0.3 is 9.47 Å². The number of esters is 1. The molecule has 0 spiro atoms. The first-order chi connectivity index (χ1) is 19.2. The van der Waals surface area contributed by atoms with Crippen molar-refractivity contribution in [1.82, 2.24) is 0 Å². The molecule has 0 amide bonds. The molecule has 0 heterocycles. The van der Waals surface area contributed by atoms with Gasteiger partial charge in [-0.05, 0) is 72.0 Å². The Kier molecular flexibility index (Phi) is 11.8. The number of benzene rings is 3. The van der Waals surface area contributed by atoms with Crippen molar-refractivity contribution in [2.24, 2.45) is 5.92 Å². The summed E-state index contributed by atoms with van der Waals surface area (Å²) in [6.45, 7) is 6.13. The Bertz CT molecular complexity index is 1270. The highest BCUT2D eigenvalue weighted by Crippen LogP contribution is 2.29. The van der Waals surface area contributed by atoms with Crippen LogP contribution in [-0.2, 0) is 0 Å². The van der Waals surface area contributed by atoms with Gasteiger partial charge in [-0.25, -0.2) is 18.0 Å². The van der Waals surface area contributed by atoms with Crippen LogP contribution in [0.15, 0.2) is 60.7 Å². The fourth-order valence-electron chi connectivity index (χ4n) is 4.19. The topological polar surface area (TPSA) is 52.6 Å². The molecule has 40 heavy (non-hydrogen) atoms. The Morgan fingerprint density at radius 1 is 0.800 bits per heavy atom. The highest BCUT2D eigenvalue weighted by Gasteiger charge is 2.27. The highest BCUT2D eigenvalue weighted by atomic mass is 19.1. The molecular weight excluding hydrogens is 517 g/mol. The lowest BCUT2D eigenvalue weighted by Crippen LogP contribution is -2.24. The summed E-state index contributed by atoms with van der Waals surface area (Å²) in [5.41, 5.74) is 0.491. The zero-order chi connectivity index (χ0) is 29.1. The average Bonchev–Trinajstić information content (AvgIpc) is 2.96. The predicted molar refractivity (Wildman–Crippen MR) is 151 cm³/mol. The van der Waals surface area contributed by atoms with E-state index in [1.165, 1.54) is 49.9 Å². The van der Waals surface area contributed by atoms with Gasteiger partial charge in [0.15, 0.2) is 23.5 Å². The molecule has 214 valence electrons. The van der Waals surface area contributed by atoms with Crippen molar-refractivity contribution in [3.63, 3.8) is 0 Å². The van der Waals surface area contributed by atoms with E-state index in [1.807, 2.05) is 0 Å². The third kappa shape index (κ3) is 8.44. The Morgan fingerprint density at radius 2 is 1.43 bits per heavy atom. The number of halogens is 3. The molecule has 0 fully saturated rings. The first kappa shape index (κ1) is 30.9. The largest absolute Gasteiger partial charge is 0.494 e. The zero-order valence-electron chi connectivity index (χ0n) is 23.4. The van der Waals surface area contributed by atoms with Crippen LogP contribution in [0.25, 0.3) is 11.1 Å². The van der Waals surface area contributed by atoms with Gasteiger partial charge in [-0.15, -0.1) is 0 Å². The molecule has 4 nitrogen and oxygen atoms in total. The Balaban J connectivity index is 1.59. The standard InChI is InChI=1S/C33H37F3O4/c1-4-6-7-8-9-10-19-39-26-15-11-23(12-16-26)33(38)40-30-18-14-25(21-29(30)35)24-13-17-27(28(34)20-24)32(37)31(36)22(3)5-2/h11-18,20-22,31H,4-10,19H2,1-3H3/t22-,31+/m0/s1. The Labute approximate surface area is 234 Å². The number of carbonyl (C=O) groups excluding carboxylic acids is 2. The van der Waals surface area contributed by atoms with Crippen molar-refractivity contribution in [1.29, 1.82) is 0 Å². The molecule has 0 unspecified atom stereocenters. The Hall–Kier alpha value is -3.61. The van der Waals surface area contributed by atoms with Gasteiger partial charge in [0.25, 0.3) is 0 Å². The molecule has 0 saturated carbocycles. The van der Waals surface area contributed by atoms with Gasteiger partial charge in [0, 0.05) is 0 Å². The van der Waals surface area contributed by atoms with Crippen LogP contribution < -0.4 is 9.47 Å². The van der Waals surface area contributed by atoms with E-state index >= 15 is 0 Å². The molecule has 0 N–H and O–H groups in total. The smallest absolute Gasteiger partial charge is 0.343 e. The minimum atomic E-state index is -1.80. The van der Waals surface area contributed by atoms with E-state index < -0.39 is 35.5 Å². The summed E-state index contributed by atoms with van der Waals surface area (Å²) >= 11 is 0. The summed E-state index contributed by atoms with van der Waals surface area (Å²) in [5.74, 6) is -3.51. The molecule has 0 aliphatic carbocycles. The normalized spacial score (nSPS) is 12.6. The lowest BCUT2D eigenvalue weighted by molar-refractivity contribution is 0.0727.